The van der Waals surface area contributed by atoms with Crippen LogP contribution in [0.2, 0.25) is 0 Å². The average molecular weight is 684 g/mol. The van der Waals surface area contributed by atoms with Crippen molar-refractivity contribution in [1.82, 2.24) is 5.32 Å². The fourth-order valence-corrected chi connectivity index (χ4v) is 5.18. The first kappa shape index (κ1) is 45.3. The zero-order valence-electron chi connectivity index (χ0n) is 26.6. The fourth-order valence-electron chi connectivity index (χ4n) is 4.93. The average Bonchev–Trinajstić information content (AvgIpc) is 3.02. The molecule has 0 aromatic heterocycles. The minimum absolute atomic E-state index is 0. The summed E-state index contributed by atoms with van der Waals surface area (Å²) in [6.07, 6.45) is 0.0361. The molecule has 0 aliphatic carbocycles. The number of unbranched alkanes of at least 4 members (excludes halogenated alkanes) is 13. The first-order chi connectivity index (χ1) is 21.2. The van der Waals surface area contributed by atoms with Gasteiger partial charge < -0.3 is 55.8 Å². The van der Waals surface area contributed by atoms with Crippen LogP contribution in [0.5, 0.6) is 0 Å². The Morgan fingerprint density at radius 2 is 1.40 bits per heavy atom. The van der Waals surface area contributed by atoms with Crippen LogP contribution >= 0.6 is 12.3 Å². The molecule has 0 bridgehead atoms. The summed E-state index contributed by atoms with van der Waals surface area (Å²) in [6, 6.07) is 0. The van der Waals surface area contributed by atoms with Crippen molar-refractivity contribution in [2.45, 2.75) is 152 Å². The summed E-state index contributed by atoms with van der Waals surface area (Å²) in [6.45, 7) is 1.01. The number of aliphatic hydroxyl groups excluding tert-OH is 7. The van der Waals surface area contributed by atoms with Crippen LogP contribution in [0.1, 0.15) is 96.8 Å². The summed E-state index contributed by atoms with van der Waals surface area (Å²) in [5, 5.41) is 87.0. The summed E-state index contributed by atoms with van der Waals surface area (Å²) >= 11 is 0.0436. The number of rotatable bonds is 27. The Labute approximate surface area is 292 Å². The predicted octanol–water partition coefficient (Wildman–Crippen LogP) is -3.34. The van der Waals surface area contributed by atoms with E-state index in [1.807, 2.05) is 0 Å². The quantitative estimate of drug-likeness (QED) is 0.0139. The first-order valence-corrected chi connectivity index (χ1v) is 16.4. The molecule has 0 aromatic carbocycles. The Hall–Kier alpha value is 0.300. The van der Waals surface area contributed by atoms with E-state index in [4.69, 9.17) is 13.7 Å². The number of amides is 1. The van der Waals surface area contributed by atoms with Gasteiger partial charge in [0.15, 0.2) is 24.7 Å². The van der Waals surface area contributed by atoms with Crippen molar-refractivity contribution in [1.29, 1.82) is 0 Å². The van der Waals surface area contributed by atoms with Crippen molar-refractivity contribution in [3.05, 3.63) is 0 Å². The number of nitrogens with one attached hydrogen (secondary N) is 1. The van der Waals surface area contributed by atoms with Gasteiger partial charge in [-0.2, -0.15) is 0 Å². The minimum Gasteiger partial charge on any atom is -0.691 e. The van der Waals surface area contributed by atoms with E-state index in [2.05, 4.69) is 21.6 Å². The van der Waals surface area contributed by atoms with Crippen molar-refractivity contribution >= 4 is 18.2 Å². The van der Waals surface area contributed by atoms with Crippen molar-refractivity contribution in [2.24, 2.45) is 0 Å². The van der Waals surface area contributed by atoms with Crippen LogP contribution in [0.15, 0.2) is 0 Å². The Bertz CT molecular complexity index is 718. The summed E-state index contributed by atoms with van der Waals surface area (Å²) in [7, 11) is 0. The van der Waals surface area contributed by atoms with E-state index in [0.29, 0.717) is 6.42 Å². The van der Waals surface area contributed by atoms with Crippen LogP contribution in [0.25, 0.3) is 0 Å². The number of ether oxygens (including phenoxy) is 2. The largest absolute Gasteiger partial charge is 1.00 e. The maximum absolute atomic E-state index is 12.5. The van der Waals surface area contributed by atoms with Gasteiger partial charge >= 0.3 is 29.6 Å². The van der Waals surface area contributed by atoms with E-state index < -0.39 is 74.2 Å². The molecule has 1 heterocycles. The van der Waals surface area contributed by atoms with Gasteiger partial charge in [0.1, 0.15) is 42.7 Å². The zero-order chi connectivity index (χ0) is 32.7. The van der Waals surface area contributed by atoms with Crippen molar-refractivity contribution in [2.75, 3.05) is 19.8 Å². The summed E-state index contributed by atoms with van der Waals surface area (Å²) in [5.74, 6) is -0.944. The molecule has 45 heavy (non-hydrogen) atoms. The molecule has 17 heteroatoms. The molecule has 0 radical (unpaired) electrons. The fraction of sp³-hybridized carbons (Fsp3) is 0.964. The standard InChI is InChI=1S/C28H55NO14S.Na/c1-2-3-4-5-6-7-8-9-10-11-12-13-14-15-16-29-27(37)24(35)23(34)26(19(31)18-39-44-43-42-38)41-28-25(36)22(33)21(32)20(17-30)40-28;/h19-26,28,30-36,38H,2-18H2,1H3,(H,29,37);/q;+1/p-1/t19-,20?,21-,22+,23-,24-,25?,26-,28-;/m1./s1. The zero-order valence-corrected chi connectivity index (χ0v) is 29.4. The number of hydrogen-bond donors (Lipinski definition) is 8. The molecular formula is C28H54NNaO14S. The molecule has 0 aromatic rings. The van der Waals surface area contributed by atoms with Gasteiger partial charge in [-0.1, -0.05) is 90.4 Å². The molecule has 1 fully saturated rings. The van der Waals surface area contributed by atoms with Gasteiger partial charge in [0.05, 0.1) is 13.2 Å². The van der Waals surface area contributed by atoms with E-state index >= 15 is 0 Å². The number of aliphatic hydroxyl groups is 7. The maximum Gasteiger partial charge on any atom is 1.00 e. The molecule has 9 atom stereocenters. The second-order valence-corrected chi connectivity index (χ2v) is 11.7. The van der Waals surface area contributed by atoms with E-state index in [9.17, 15) is 45.8 Å². The van der Waals surface area contributed by atoms with Gasteiger partial charge in [0.25, 0.3) is 5.91 Å². The third-order valence-electron chi connectivity index (χ3n) is 7.62. The second-order valence-electron chi connectivity index (χ2n) is 11.2. The van der Waals surface area contributed by atoms with E-state index in [-0.39, 0.29) is 48.4 Å². The van der Waals surface area contributed by atoms with E-state index in [1.165, 1.54) is 64.2 Å². The van der Waals surface area contributed by atoms with Crippen LogP contribution in [0.3, 0.4) is 0 Å². The minimum atomic E-state index is -2.10. The van der Waals surface area contributed by atoms with Crippen LogP contribution in [-0.2, 0) is 27.8 Å². The molecule has 1 aliphatic rings. The molecule has 8 N–H and O–H groups in total. The van der Waals surface area contributed by atoms with Crippen LogP contribution in [0, 0.1) is 0 Å². The monoisotopic (exact) mass is 683 g/mol. The summed E-state index contributed by atoms with van der Waals surface area (Å²) in [5.41, 5.74) is 0. The molecular weight excluding hydrogens is 629 g/mol. The van der Waals surface area contributed by atoms with Crippen LogP contribution in [0.4, 0.5) is 0 Å². The molecule has 15 nitrogen and oxygen atoms in total. The molecule has 1 saturated heterocycles. The normalized spacial score (nSPS) is 24.4. The van der Waals surface area contributed by atoms with Crippen LogP contribution < -0.4 is 40.1 Å². The molecule has 262 valence electrons. The Morgan fingerprint density at radius 1 is 0.867 bits per heavy atom. The number of carbonyl (C=O) groups is 1. The molecule has 1 rings (SSSR count). The number of hydrogen-bond acceptors (Lipinski definition) is 15. The van der Waals surface area contributed by atoms with Gasteiger partial charge in [0.2, 0.25) is 0 Å². The summed E-state index contributed by atoms with van der Waals surface area (Å²) in [4.78, 5) is 12.5. The summed E-state index contributed by atoms with van der Waals surface area (Å²) < 4.78 is 19.3. The van der Waals surface area contributed by atoms with Crippen molar-refractivity contribution < 1.29 is 98.4 Å². The van der Waals surface area contributed by atoms with Crippen molar-refractivity contribution in [3.63, 3.8) is 0 Å². The van der Waals surface area contributed by atoms with E-state index in [1.54, 1.807) is 0 Å². The third-order valence-corrected chi connectivity index (χ3v) is 7.96. The van der Waals surface area contributed by atoms with Gasteiger partial charge in [-0.3, -0.25) is 14.0 Å². The van der Waals surface area contributed by atoms with Crippen LogP contribution in [-0.4, -0.2) is 117 Å². The molecule has 1 amide bonds. The Kier molecular flexibility index (Phi) is 28.4. The van der Waals surface area contributed by atoms with Crippen molar-refractivity contribution in [3.8, 4) is 0 Å². The topological polar surface area (TPSA) is 240 Å². The number of carbonyl (C=O) groups excluding carboxylic acids is 1. The van der Waals surface area contributed by atoms with Gasteiger partial charge in [-0.25, -0.2) is 0 Å². The van der Waals surface area contributed by atoms with Gasteiger partial charge in [0, 0.05) is 6.54 Å². The first-order valence-electron chi connectivity index (χ1n) is 15.7. The van der Waals surface area contributed by atoms with Gasteiger partial charge in [-0.05, 0) is 6.42 Å². The smallest absolute Gasteiger partial charge is 0.691 e. The maximum atomic E-state index is 12.5. The molecule has 2 unspecified atom stereocenters. The van der Waals surface area contributed by atoms with Gasteiger partial charge in [-0.15, -0.1) is 4.33 Å². The second kappa shape index (κ2) is 28.2. The molecule has 1 aliphatic heterocycles. The van der Waals surface area contributed by atoms with E-state index in [0.717, 1.165) is 19.3 Å². The molecule has 0 spiro atoms. The SMILES string of the molecule is CCCCCCCCCCCCCCCCNC(=O)[C@H](O)[C@@H](O)[C@H](O[C@H]1OC(CO)[C@@H](O)[C@H](O)C1O)[C@H](O)COSOO[O-].[Na+]. The Balaban J connectivity index is 0.0000194. The molecule has 0 saturated carbocycles. The predicted molar refractivity (Wildman–Crippen MR) is 156 cm³/mol. The Morgan fingerprint density at radius 3 is 1.91 bits per heavy atom. The third kappa shape index (κ3) is 18.6.